The molecule has 0 bridgehead atoms. The van der Waals surface area contributed by atoms with E-state index in [2.05, 4.69) is 23.6 Å². The summed E-state index contributed by atoms with van der Waals surface area (Å²) in [6.45, 7) is 7.63. The highest BCUT2D eigenvalue weighted by atomic mass is 32.1. The average Bonchev–Trinajstić information content (AvgIpc) is 2.68. The molecule has 1 aromatic heterocycles. The van der Waals surface area contributed by atoms with Gasteiger partial charge in [-0.15, -0.1) is 5.73 Å². The topological polar surface area (TPSA) is 50.4 Å². The fourth-order valence-electron chi connectivity index (χ4n) is 3.24. The van der Waals surface area contributed by atoms with Crippen LogP contribution in [-0.2, 0) is 13.1 Å². The second kappa shape index (κ2) is 7.82. The first kappa shape index (κ1) is 19.0. The molecule has 6 heteroatoms. The van der Waals surface area contributed by atoms with Crippen molar-refractivity contribution < 1.29 is 5.11 Å². The van der Waals surface area contributed by atoms with E-state index < -0.39 is 0 Å². The standard InChI is InChI=1S/C21H23N3O2S/c1-4-22-14-13-15(16-9-7-8-10-18(16)22)11-12-17-19(25)23(5-2)21(27)24(6-3)20(17)26/h7-10,12-14,25H,4-6H2,1-3H3. The first-order chi connectivity index (χ1) is 13.0. The van der Waals surface area contributed by atoms with Crippen LogP contribution in [0.2, 0.25) is 0 Å². The molecule has 5 nitrogen and oxygen atoms in total. The monoisotopic (exact) mass is 381 g/mol. The molecule has 2 heterocycles. The van der Waals surface area contributed by atoms with Crippen LogP contribution in [0.4, 0.5) is 5.69 Å². The molecule has 0 spiro atoms. The van der Waals surface area contributed by atoms with Crippen molar-refractivity contribution in [3.63, 3.8) is 0 Å². The molecule has 2 aromatic rings. The van der Waals surface area contributed by atoms with Gasteiger partial charge in [0.1, 0.15) is 5.56 Å². The lowest BCUT2D eigenvalue weighted by atomic mass is 10.0. The second-order valence-corrected chi connectivity index (χ2v) is 6.50. The normalized spacial score (nSPS) is 12.7. The van der Waals surface area contributed by atoms with Gasteiger partial charge in [0.25, 0.3) is 5.56 Å². The molecule has 0 unspecified atom stereocenters. The molecule has 0 fully saturated rings. The fourth-order valence-corrected chi connectivity index (χ4v) is 3.67. The third kappa shape index (κ3) is 3.29. The number of para-hydroxylation sites is 1. The predicted molar refractivity (Wildman–Crippen MR) is 113 cm³/mol. The van der Waals surface area contributed by atoms with Gasteiger partial charge in [-0.3, -0.25) is 13.9 Å². The average molecular weight is 382 g/mol. The molecule has 0 saturated carbocycles. The van der Waals surface area contributed by atoms with Crippen molar-refractivity contribution in [2.24, 2.45) is 0 Å². The van der Waals surface area contributed by atoms with Crippen molar-refractivity contribution in [2.75, 3.05) is 11.4 Å². The van der Waals surface area contributed by atoms with Crippen LogP contribution in [0.15, 0.2) is 47.1 Å². The van der Waals surface area contributed by atoms with Gasteiger partial charge < -0.3 is 10.0 Å². The lowest BCUT2D eigenvalue weighted by Gasteiger charge is -2.25. The maximum Gasteiger partial charge on any atom is 0.266 e. The highest BCUT2D eigenvalue weighted by molar-refractivity contribution is 7.71. The van der Waals surface area contributed by atoms with Crippen LogP contribution < -0.4 is 10.5 Å². The predicted octanol–water partition coefficient (Wildman–Crippen LogP) is 4.17. The Morgan fingerprint density at radius 2 is 1.81 bits per heavy atom. The minimum Gasteiger partial charge on any atom is -0.494 e. The van der Waals surface area contributed by atoms with E-state index in [0.29, 0.717) is 17.9 Å². The number of aromatic nitrogens is 2. The summed E-state index contributed by atoms with van der Waals surface area (Å²) in [5, 5.41) is 10.6. The lowest BCUT2D eigenvalue weighted by Crippen LogP contribution is -2.26. The third-order valence-corrected chi connectivity index (χ3v) is 5.14. The number of allylic oxidation sites excluding steroid dienone is 2. The van der Waals surface area contributed by atoms with Crippen molar-refractivity contribution in [2.45, 2.75) is 33.9 Å². The number of anilines is 1. The van der Waals surface area contributed by atoms with E-state index in [9.17, 15) is 9.90 Å². The van der Waals surface area contributed by atoms with E-state index in [1.807, 2.05) is 44.3 Å². The Bertz CT molecular complexity index is 1090. The van der Waals surface area contributed by atoms with Gasteiger partial charge in [-0.2, -0.15) is 0 Å². The van der Waals surface area contributed by atoms with E-state index in [1.54, 1.807) is 10.6 Å². The van der Waals surface area contributed by atoms with Crippen molar-refractivity contribution in [1.29, 1.82) is 0 Å². The summed E-state index contributed by atoms with van der Waals surface area (Å²) < 4.78 is 3.37. The Morgan fingerprint density at radius 1 is 1.11 bits per heavy atom. The molecule has 0 atom stereocenters. The summed E-state index contributed by atoms with van der Waals surface area (Å²) in [7, 11) is 0. The first-order valence-corrected chi connectivity index (χ1v) is 9.51. The van der Waals surface area contributed by atoms with Gasteiger partial charge in [-0.25, -0.2) is 0 Å². The van der Waals surface area contributed by atoms with E-state index >= 15 is 0 Å². The molecule has 0 radical (unpaired) electrons. The van der Waals surface area contributed by atoms with E-state index in [-0.39, 0.29) is 17.0 Å². The summed E-state index contributed by atoms with van der Waals surface area (Å²) in [5.41, 5.74) is 6.09. The second-order valence-electron chi connectivity index (χ2n) is 6.13. The zero-order chi connectivity index (χ0) is 19.6. The summed E-state index contributed by atoms with van der Waals surface area (Å²) in [6, 6.07) is 8.06. The molecule has 3 rings (SSSR count). The Labute approximate surface area is 163 Å². The molecular weight excluding hydrogens is 358 g/mol. The number of benzene rings is 1. The molecule has 27 heavy (non-hydrogen) atoms. The molecular formula is C21H23N3O2S. The highest BCUT2D eigenvalue weighted by Gasteiger charge is 2.15. The van der Waals surface area contributed by atoms with Gasteiger partial charge >= 0.3 is 0 Å². The van der Waals surface area contributed by atoms with Gasteiger partial charge in [0.15, 0.2) is 4.77 Å². The number of rotatable bonds is 4. The summed E-state index contributed by atoms with van der Waals surface area (Å²) in [4.78, 5) is 14.9. The van der Waals surface area contributed by atoms with Crippen LogP contribution in [0.3, 0.4) is 0 Å². The van der Waals surface area contributed by atoms with Crippen molar-refractivity contribution in [1.82, 2.24) is 9.13 Å². The smallest absolute Gasteiger partial charge is 0.266 e. The molecule has 1 aromatic carbocycles. The Morgan fingerprint density at radius 3 is 2.48 bits per heavy atom. The quantitative estimate of drug-likeness (QED) is 0.638. The number of aromatic hydroxyl groups is 1. The summed E-state index contributed by atoms with van der Waals surface area (Å²) in [5.74, 6) is -0.117. The van der Waals surface area contributed by atoms with Gasteiger partial charge in [-0.05, 0) is 51.2 Å². The minimum atomic E-state index is -0.305. The number of fused-ring (bicyclic) bond motifs is 1. The minimum absolute atomic E-state index is 0.117. The van der Waals surface area contributed by atoms with Crippen molar-refractivity contribution in [3.8, 4) is 5.88 Å². The molecule has 1 N–H and O–H groups in total. The Balaban J connectivity index is 2.22. The Hall–Kier alpha value is -2.82. The van der Waals surface area contributed by atoms with Crippen LogP contribution in [0.25, 0.3) is 11.6 Å². The van der Waals surface area contributed by atoms with E-state index in [1.165, 1.54) is 4.57 Å². The number of nitrogens with zero attached hydrogens (tertiary/aromatic N) is 3. The Kier molecular flexibility index (Phi) is 5.49. The molecule has 0 aliphatic carbocycles. The van der Waals surface area contributed by atoms with Crippen molar-refractivity contribution >= 4 is 29.6 Å². The van der Waals surface area contributed by atoms with Crippen LogP contribution in [0, 0.1) is 4.77 Å². The maximum atomic E-state index is 12.7. The first-order valence-electron chi connectivity index (χ1n) is 9.10. The third-order valence-electron chi connectivity index (χ3n) is 4.70. The number of hydrogen-bond acceptors (Lipinski definition) is 4. The van der Waals surface area contributed by atoms with Crippen LogP contribution in [0.5, 0.6) is 5.88 Å². The molecule has 1 aliphatic rings. The molecule has 0 saturated heterocycles. The fraction of sp³-hybridized carbons (Fsp3) is 0.286. The van der Waals surface area contributed by atoms with Gasteiger partial charge in [0.2, 0.25) is 5.88 Å². The lowest BCUT2D eigenvalue weighted by molar-refractivity contribution is 0.399. The zero-order valence-electron chi connectivity index (χ0n) is 15.8. The molecule has 0 amide bonds. The summed E-state index contributed by atoms with van der Waals surface area (Å²) >= 11 is 5.32. The molecule has 140 valence electrons. The van der Waals surface area contributed by atoms with Crippen molar-refractivity contribution in [3.05, 3.63) is 68.5 Å². The van der Waals surface area contributed by atoms with E-state index in [4.69, 9.17) is 12.2 Å². The summed E-state index contributed by atoms with van der Waals surface area (Å²) in [6.07, 6.45) is 5.52. The van der Waals surface area contributed by atoms with Gasteiger partial charge in [-0.1, -0.05) is 18.2 Å². The van der Waals surface area contributed by atoms with Gasteiger partial charge in [0, 0.05) is 42.7 Å². The van der Waals surface area contributed by atoms with Gasteiger partial charge in [0.05, 0.1) is 0 Å². The van der Waals surface area contributed by atoms with E-state index in [0.717, 1.165) is 23.4 Å². The highest BCUT2D eigenvalue weighted by Crippen LogP contribution is 2.32. The largest absolute Gasteiger partial charge is 0.494 e. The SMILES string of the molecule is CCN1C=CC(=C=Cc2c(O)n(CC)c(=S)n(CC)c2=O)c2ccccc21. The van der Waals surface area contributed by atoms with Crippen LogP contribution in [-0.4, -0.2) is 20.8 Å². The number of hydrogen-bond donors (Lipinski definition) is 1. The van der Waals surface area contributed by atoms with Crippen LogP contribution in [0.1, 0.15) is 31.9 Å². The molecule has 1 aliphatic heterocycles. The van der Waals surface area contributed by atoms with Crippen LogP contribution >= 0.6 is 12.2 Å². The maximum absolute atomic E-state index is 12.7. The zero-order valence-corrected chi connectivity index (χ0v) is 16.6.